The molecule has 122 valence electrons. The van der Waals surface area contributed by atoms with Crippen LogP contribution >= 0.6 is 0 Å². The van der Waals surface area contributed by atoms with Gasteiger partial charge in [-0.15, -0.1) is 0 Å². The fourth-order valence-electron chi connectivity index (χ4n) is 2.01. The van der Waals surface area contributed by atoms with E-state index in [0.717, 1.165) is 0 Å². The first kappa shape index (κ1) is 16.4. The lowest BCUT2D eigenvalue weighted by molar-refractivity contribution is 0.0117. The van der Waals surface area contributed by atoms with Gasteiger partial charge in [0.2, 0.25) is 6.79 Å². The molecule has 0 saturated heterocycles. The van der Waals surface area contributed by atoms with Crippen LogP contribution < -0.4 is 14.8 Å². The Bertz CT molecular complexity index is 539. The van der Waals surface area contributed by atoms with Crippen molar-refractivity contribution in [3.05, 3.63) is 23.8 Å². The first-order chi connectivity index (χ1) is 10.3. The minimum Gasteiger partial charge on any atom is -0.454 e. The lowest BCUT2D eigenvalue weighted by Crippen LogP contribution is -2.38. The highest BCUT2D eigenvalue weighted by Crippen LogP contribution is 2.39. The number of para-hydroxylation sites is 1. The van der Waals surface area contributed by atoms with Gasteiger partial charge in [-0.2, -0.15) is 0 Å². The maximum absolute atomic E-state index is 11.5. The van der Waals surface area contributed by atoms with Gasteiger partial charge in [-0.25, -0.2) is 4.79 Å². The largest absolute Gasteiger partial charge is 0.454 e. The molecule has 1 amide bonds. The van der Waals surface area contributed by atoms with E-state index < -0.39 is 23.9 Å². The normalized spacial score (nSPS) is 16.0. The number of hydrogen-bond donors (Lipinski definition) is 3. The predicted molar refractivity (Wildman–Crippen MR) is 77.8 cm³/mol. The molecule has 3 N–H and O–H groups in total. The number of fused-ring (bicyclic) bond motifs is 1. The van der Waals surface area contributed by atoms with E-state index in [9.17, 15) is 15.0 Å². The van der Waals surface area contributed by atoms with E-state index >= 15 is 0 Å². The molecule has 0 aliphatic carbocycles. The molecule has 2 rings (SSSR count). The van der Waals surface area contributed by atoms with E-state index in [0.29, 0.717) is 17.1 Å². The van der Waals surface area contributed by atoms with Crippen molar-refractivity contribution in [2.24, 2.45) is 0 Å². The number of aliphatic hydroxyl groups excluding tert-OH is 2. The maximum atomic E-state index is 11.5. The van der Waals surface area contributed by atoms with Crippen LogP contribution in [0.25, 0.3) is 0 Å². The maximum Gasteiger partial charge on any atom is 0.407 e. The van der Waals surface area contributed by atoms with Crippen molar-refractivity contribution in [2.75, 3.05) is 13.3 Å². The number of rotatable bonds is 4. The molecule has 1 heterocycles. The summed E-state index contributed by atoms with van der Waals surface area (Å²) in [6.07, 6.45) is -3.08. The Labute approximate surface area is 128 Å². The summed E-state index contributed by atoms with van der Waals surface area (Å²) in [4.78, 5) is 11.5. The second-order valence-corrected chi connectivity index (χ2v) is 5.98. The Hall–Kier alpha value is -1.99. The van der Waals surface area contributed by atoms with Gasteiger partial charge in [0.05, 0.1) is 0 Å². The predicted octanol–water partition coefficient (Wildman–Crippen LogP) is 1.33. The van der Waals surface area contributed by atoms with Crippen molar-refractivity contribution >= 4 is 6.09 Å². The molecule has 0 radical (unpaired) electrons. The number of amides is 1. The standard InChI is InChI=1S/C15H21NO6/c1-15(2,3)22-14(19)16-7-10(17)12(18)9-5-4-6-11-13(9)21-8-20-11/h4-6,10,12,17-18H,7-8H2,1-3H3,(H,16,19). The van der Waals surface area contributed by atoms with Crippen LogP contribution in [0, 0.1) is 0 Å². The van der Waals surface area contributed by atoms with Gasteiger partial charge in [-0.1, -0.05) is 12.1 Å². The fourth-order valence-corrected chi connectivity index (χ4v) is 2.01. The molecule has 22 heavy (non-hydrogen) atoms. The molecule has 7 heteroatoms. The van der Waals surface area contributed by atoms with Crippen molar-refractivity contribution in [1.29, 1.82) is 0 Å². The van der Waals surface area contributed by atoms with Gasteiger partial charge < -0.3 is 29.7 Å². The van der Waals surface area contributed by atoms with Gasteiger partial charge >= 0.3 is 6.09 Å². The monoisotopic (exact) mass is 311 g/mol. The first-order valence-corrected chi connectivity index (χ1v) is 6.99. The molecule has 0 fully saturated rings. The second kappa shape index (κ2) is 6.41. The molecule has 0 bridgehead atoms. The quantitative estimate of drug-likeness (QED) is 0.776. The zero-order valence-electron chi connectivity index (χ0n) is 12.8. The average molecular weight is 311 g/mol. The van der Waals surface area contributed by atoms with Gasteiger partial charge in [-0.05, 0) is 26.8 Å². The van der Waals surface area contributed by atoms with Crippen molar-refractivity contribution in [3.63, 3.8) is 0 Å². The lowest BCUT2D eigenvalue weighted by atomic mass is 10.0. The van der Waals surface area contributed by atoms with E-state index in [1.807, 2.05) is 0 Å². The number of nitrogens with one attached hydrogen (secondary N) is 1. The highest BCUT2D eigenvalue weighted by molar-refractivity contribution is 5.67. The van der Waals surface area contributed by atoms with Crippen LogP contribution in [0.4, 0.5) is 4.79 Å². The smallest absolute Gasteiger partial charge is 0.407 e. The molecule has 1 aromatic carbocycles. The molecule has 0 aromatic heterocycles. The number of benzene rings is 1. The van der Waals surface area contributed by atoms with Crippen molar-refractivity contribution < 1.29 is 29.2 Å². The number of alkyl carbamates (subject to hydrolysis) is 1. The number of ether oxygens (including phenoxy) is 3. The van der Waals surface area contributed by atoms with Crippen LogP contribution in [-0.2, 0) is 4.74 Å². The minimum absolute atomic E-state index is 0.0747. The summed E-state index contributed by atoms with van der Waals surface area (Å²) in [7, 11) is 0. The van der Waals surface area contributed by atoms with E-state index in [-0.39, 0.29) is 13.3 Å². The van der Waals surface area contributed by atoms with Gasteiger partial charge in [0.15, 0.2) is 11.5 Å². The second-order valence-electron chi connectivity index (χ2n) is 5.98. The summed E-state index contributed by atoms with van der Waals surface area (Å²) in [5.74, 6) is 0.926. The summed E-state index contributed by atoms with van der Waals surface area (Å²) < 4.78 is 15.6. The van der Waals surface area contributed by atoms with Crippen molar-refractivity contribution in [1.82, 2.24) is 5.32 Å². The van der Waals surface area contributed by atoms with Gasteiger partial charge in [0.1, 0.15) is 17.8 Å². The van der Waals surface area contributed by atoms with E-state index in [2.05, 4.69) is 5.32 Å². The van der Waals surface area contributed by atoms with Gasteiger partial charge in [0, 0.05) is 12.1 Å². The lowest BCUT2D eigenvalue weighted by Gasteiger charge is -2.22. The first-order valence-electron chi connectivity index (χ1n) is 6.99. The summed E-state index contributed by atoms with van der Waals surface area (Å²) in [5, 5.41) is 22.7. The van der Waals surface area contributed by atoms with Crippen LogP contribution in [0.2, 0.25) is 0 Å². The molecule has 2 unspecified atom stereocenters. The Balaban J connectivity index is 1.94. The topological polar surface area (TPSA) is 97.3 Å². The molecule has 7 nitrogen and oxygen atoms in total. The molecule has 1 aromatic rings. The summed E-state index contributed by atoms with van der Waals surface area (Å²) in [6.45, 7) is 5.14. The number of carbonyl (C=O) groups excluding carboxylic acids is 1. The third-order valence-corrected chi connectivity index (χ3v) is 2.96. The molecule has 1 aliphatic rings. The molecule has 1 aliphatic heterocycles. The van der Waals surface area contributed by atoms with Crippen LogP contribution in [-0.4, -0.2) is 41.3 Å². The van der Waals surface area contributed by atoms with E-state index in [4.69, 9.17) is 14.2 Å². The van der Waals surface area contributed by atoms with E-state index in [1.165, 1.54) is 0 Å². The van der Waals surface area contributed by atoms with Crippen molar-refractivity contribution in [3.8, 4) is 11.5 Å². The summed E-state index contributed by atoms with van der Waals surface area (Å²) in [6, 6.07) is 5.04. The summed E-state index contributed by atoms with van der Waals surface area (Å²) in [5.41, 5.74) is -0.215. The molecule has 0 spiro atoms. The Morgan fingerprint density at radius 3 is 2.77 bits per heavy atom. The van der Waals surface area contributed by atoms with Gasteiger partial charge in [0.25, 0.3) is 0 Å². The highest BCUT2D eigenvalue weighted by Gasteiger charge is 2.27. The Morgan fingerprint density at radius 2 is 2.09 bits per heavy atom. The minimum atomic E-state index is -1.22. The zero-order valence-corrected chi connectivity index (χ0v) is 12.8. The SMILES string of the molecule is CC(C)(C)OC(=O)NCC(O)C(O)c1cccc2c1OCO2. The van der Waals surface area contributed by atoms with Crippen LogP contribution in [0.15, 0.2) is 18.2 Å². The van der Waals surface area contributed by atoms with Gasteiger partial charge in [-0.3, -0.25) is 0 Å². The number of carbonyl (C=O) groups is 1. The highest BCUT2D eigenvalue weighted by atomic mass is 16.7. The molecule has 0 saturated carbocycles. The van der Waals surface area contributed by atoms with Crippen LogP contribution in [0.1, 0.15) is 32.4 Å². The Morgan fingerprint density at radius 1 is 1.36 bits per heavy atom. The summed E-state index contributed by atoms with van der Waals surface area (Å²) >= 11 is 0. The third-order valence-electron chi connectivity index (χ3n) is 2.96. The van der Waals surface area contributed by atoms with Crippen LogP contribution in [0.3, 0.4) is 0 Å². The molecule has 2 atom stereocenters. The van der Waals surface area contributed by atoms with E-state index in [1.54, 1.807) is 39.0 Å². The number of hydrogen-bond acceptors (Lipinski definition) is 6. The third kappa shape index (κ3) is 4.02. The van der Waals surface area contributed by atoms with Crippen molar-refractivity contribution in [2.45, 2.75) is 38.6 Å². The Kier molecular flexibility index (Phi) is 4.77. The molecular weight excluding hydrogens is 290 g/mol. The number of aliphatic hydroxyl groups is 2. The molecular formula is C15H21NO6. The zero-order chi connectivity index (χ0) is 16.3. The van der Waals surface area contributed by atoms with Crippen LogP contribution in [0.5, 0.6) is 11.5 Å². The average Bonchev–Trinajstić information content (AvgIpc) is 2.90. The fraction of sp³-hybridized carbons (Fsp3) is 0.533.